The molecule has 0 aromatic heterocycles. The topological polar surface area (TPSA) is 26.3 Å². The maximum atomic E-state index is 14.0. The number of rotatable bonds is 2. The van der Waals surface area contributed by atoms with Gasteiger partial charge in [-0.15, -0.1) is 0 Å². The van der Waals surface area contributed by atoms with E-state index in [0.717, 1.165) is 43.1 Å². The van der Waals surface area contributed by atoms with Crippen LogP contribution in [0, 0.1) is 5.82 Å². The van der Waals surface area contributed by atoms with Gasteiger partial charge in [0.15, 0.2) is 0 Å². The van der Waals surface area contributed by atoms with Gasteiger partial charge in [-0.25, -0.2) is 4.39 Å². The van der Waals surface area contributed by atoms with Gasteiger partial charge >= 0.3 is 5.97 Å². The fraction of sp³-hybridized carbons (Fsp3) is 0.389. The third-order valence-corrected chi connectivity index (χ3v) is 4.36. The predicted octanol–water partition coefficient (Wildman–Crippen LogP) is 4.70. The summed E-state index contributed by atoms with van der Waals surface area (Å²) in [7, 11) is 0. The van der Waals surface area contributed by atoms with Crippen molar-refractivity contribution >= 4 is 16.7 Å². The third kappa shape index (κ3) is 2.65. The number of benzene rings is 2. The summed E-state index contributed by atoms with van der Waals surface area (Å²) in [4.78, 5) is 11.5. The Labute approximate surface area is 123 Å². The SMILES string of the molecule is CC(=O)OC1(c2ccc3cccc(F)c3c2)CCCCC1. The molecule has 0 aliphatic heterocycles. The maximum Gasteiger partial charge on any atom is 0.303 e. The Morgan fingerprint density at radius 1 is 1.14 bits per heavy atom. The number of ether oxygens (including phenoxy) is 1. The molecule has 0 unspecified atom stereocenters. The van der Waals surface area contributed by atoms with Gasteiger partial charge < -0.3 is 4.74 Å². The highest BCUT2D eigenvalue weighted by molar-refractivity contribution is 5.84. The first-order chi connectivity index (χ1) is 10.1. The molecule has 0 heterocycles. The molecule has 0 bridgehead atoms. The quantitative estimate of drug-likeness (QED) is 0.748. The second-order valence-electron chi connectivity index (χ2n) is 5.82. The number of carbonyl (C=O) groups is 1. The Hall–Kier alpha value is -1.90. The largest absolute Gasteiger partial charge is 0.454 e. The molecule has 3 heteroatoms. The summed E-state index contributed by atoms with van der Waals surface area (Å²) in [5.41, 5.74) is 0.329. The van der Waals surface area contributed by atoms with E-state index < -0.39 is 5.60 Å². The molecule has 1 saturated carbocycles. The number of hydrogen-bond donors (Lipinski definition) is 0. The highest BCUT2D eigenvalue weighted by Crippen LogP contribution is 2.41. The number of hydrogen-bond acceptors (Lipinski definition) is 2. The van der Waals surface area contributed by atoms with Crippen LogP contribution in [0.1, 0.15) is 44.6 Å². The van der Waals surface area contributed by atoms with Crippen molar-refractivity contribution in [2.75, 3.05) is 0 Å². The third-order valence-electron chi connectivity index (χ3n) is 4.36. The minimum atomic E-state index is -0.583. The van der Waals surface area contributed by atoms with Crippen LogP contribution in [0.15, 0.2) is 36.4 Å². The molecule has 0 amide bonds. The van der Waals surface area contributed by atoms with Crippen molar-refractivity contribution in [2.45, 2.75) is 44.6 Å². The summed E-state index contributed by atoms with van der Waals surface area (Å²) in [6.45, 7) is 1.44. The standard InChI is InChI=1S/C18H19FO2/c1-13(20)21-18(10-3-2-4-11-18)15-9-8-14-6-5-7-17(19)16(14)12-15/h5-9,12H,2-4,10-11H2,1H3. The van der Waals surface area contributed by atoms with Crippen LogP contribution in [0.5, 0.6) is 0 Å². The molecular weight excluding hydrogens is 267 g/mol. The van der Waals surface area contributed by atoms with Crippen LogP contribution < -0.4 is 0 Å². The Balaban J connectivity index is 2.10. The second-order valence-corrected chi connectivity index (χ2v) is 5.82. The van der Waals surface area contributed by atoms with Crippen LogP contribution in [0.4, 0.5) is 4.39 Å². The van der Waals surface area contributed by atoms with Gasteiger partial charge in [-0.1, -0.05) is 30.7 Å². The second kappa shape index (κ2) is 5.47. The number of fused-ring (bicyclic) bond motifs is 1. The molecular formula is C18H19FO2. The van der Waals surface area contributed by atoms with Crippen LogP contribution in [0.2, 0.25) is 0 Å². The zero-order valence-electron chi connectivity index (χ0n) is 12.2. The van der Waals surface area contributed by atoms with E-state index in [2.05, 4.69) is 0 Å². The lowest BCUT2D eigenvalue weighted by Gasteiger charge is -2.37. The molecule has 0 N–H and O–H groups in total. The van der Waals surface area contributed by atoms with Crippen LogP contribution in [0.25, 0.3) is 10.8 Å². The summed E-state index contributed by atoms with van der Waals surface area (Å²) < 4.78 is 19.7. The van der Waals surface area contributed by atoms with Gasteiger partial charge in [0.25, 0.3) is 0 Å². The molecule has 0 radical (unpaired) electrons. The van der Waals surface area contributed by atoms with Gasteiger partial charge in [0, 0.05) is 12.3 Å². The van der Waals surface area contributed by atoms with Crippen LogP contribution in [-0.2, 0) is 15.1 Å². The van der Waals surface area contributed by atoms with Crippen molar-refractivity contribution in [3.8, 4) is 0 Å². The maximum absolute atomic E-state index is 14.0. The summed E-state index contributed by atoms with van der Waals surface area (Å²) in [5.74, 6) is -0.506. The monoisotopic (exact) mass is 286 g/mol. The summed E-state index contributed by atoms with van der Waals surface area (Å²) in [6, 6.07) is 10.8. The summed E-state index contributed by atoms with van der Waals surface area (Å²) >= 11 is 0. The molecule has 1 aliphatic carbocycles. The molecule has 0 spiro atoms. The average Bonchev–Trinajstić information content (AvgIpc) is 2.47. The number of carbonyl (C=O) groups excluding carboxylic acids is 1. The zero-order chi connectivity index (χ0) is 14.9. The molecule has 3 rings (SSSR count). The first-order valence-electron chi connectivity index (χ1n) is 7.49. The van der Waals surface area contributed by atoms with E-state index in [9.17, 15) is 9.18 Å². The van der Waals surface area contributed by atoms with Crippen molar-refractivity contribution in [1.29, 1.82) is 0 Å². The number of halogens is 1. The Kier molecular flexibility index (Phi) is 3.66. The van der Waals surface area contributed by atoms with E-state index in [-0.39, 0.29) is 11.8 Å². The predicted molar refractivity (Wildman–Crippen MR) is 80.4 cm³/mol. The lowest BCUT2D eigenvalue weighted by Crippen LogP contribution is -2.34. The van der Waals surface area contributed by atoms with Crippen molar-refractivity contribution in [3.63, 3.8) is 0 Å². The van der Waals surface area contributed by atoms with Crippen molar-refractivity contribution in [3.05, 3.63) is 47.8 Å². The first-order valence-corrected chi connectivity index (χ1v) is 7.49. The smallest absolute Gasteiger partial charge is 0.303 e. The summed E-state index contributed by atoms with van der Waals surface area (Å²) in [6.07, 6.45) is 4.84. The highest BCUT2D eigenvalue weighted by Gasteiger charge is 2.37. The molecule has 0 atom stereocenters. The fourth-order valence-electron chi connectivity index (χ4n) is 3.37. The minimum absolute atomic E-state index is 0.233. The molecule has 2 nitrogen and oxygen atoms in total. The minimum Gasteiger partial charge on any atom is -0.454 e. The normalized spacial score (nSPS) is 17.6. The van der Waals surface area contributed by atoms with Gasteiger partial charge in [-0.3, -0.25) is 4.79 Å². The van der Waals surface area contributed by atoms with E-state index in [0.29, 0.717) is 5.39 Å². The van der Waals surface area contributed by atoms with Crippen LogP contribution in [0.3, 0.4) is 0 Å². The van der Waals surface area contributed by atoms with Crippen LogP contribution in [-0.4, -0.2) is 5.97 Å². The van der Waals surface area contributed by atoms with Crippen LogP contribution >= 0.6 is 0 Å². The number of esters is 1. The van der Waals surface area contributed by atoms with Gasteiger partial charge in [-0.2, -0.15) is 0 Å². The first kappa shape index (κ1) is 14.1. The fourth-order valence-corrected chi connectivity index (χ4v) is 3.37. The van der Waals surface area contributed by atoms with E-state index in [4.69, 9.17) is 4.74 Å². The van der Waals surface area contributed by atoms with Crippen molar-refractivity contribution < 1.29 is 13.9 Å². The lowest BCUT2D eigenvalue weighted by atomic mass is 9.79. The average molecular weight is 286 g/mol. The molecule has 110 valence electrons. The van der Waals surface area contributed by atoms with Gasteiger partial charge in [-0.05, 0) is 48.8 Å². The molecule has 2 aromatic carbocycles. The lowest BCUT2D eigenvalue weighted by molar-refractivity contribution is -0.162. The Morgan fingerprint density at radius 3 is 2.62 bits per heavy atom. The molecule has 1 fully saturated rings. The van der Waals surface area contributed by atoms with Gasteiger partial charge in [0.1, 0.15) is 11.4 Å². The summed E-state index contributed by atoms with van der Waals surface area (Å²) in [5, 5.41) is 1.46. The van der Waals surface area contributed by atoms with E-state index in [1.54, 1.807) is 6.07 Å². The van der Waals surface area contributed by atoms with Crippen molar-refractivity contribution in [2.24, 2.45) is 0 Å². The molecule has 1 aliphatic rings. The van der Waals surface area contributed by atoms with Gasteiger partial charge in [0.05, 0.1) is 0 Å². The molecule has 21 heavy (non-hydrogen) atoms. The van der Waals surface area contributed by atoms with Gasteiger partial charge in [0.2, 0.25) is 0 Å². The van der Waals surface area contributed by atoms with E-state index in [1.807, 2.05) is 24.3 Å². The Bertz CT molecular complexity index is 672. The van der Waals surface area contributed by atoms with E-state index in [1.165, 1.54) is 13.0 Å². The highest BCUT2D eigenvalue weighted by atomic mass is 19.1. The Morgan fingerprint density at radius 2 is 1.90 bits per heavy atom. The van der Waals surface area contributed by atoms with Crippen molar-refractivity contribution in [1.82, 2.24) is 0 Å². The molecule has 2 aromatic rings. The molecule has 0 saturated heterocycles. The van der Waals surface area contributed by atoms with E-state index >= 15 is 0 Å². The zero-order valence-corrected chi connectivity index (χ0v) is 12.2.